The maximum absolute atomic E-state index is 15.2. The zero-order chi connectivity index (χ0) is 58.1. The lowest BCUT2D eigenvalue weighted by Crippen LogP contribution is -2.11. The molecule has 0 heterocycles. The Hall–Kier alpha value is -10.4. The Balaban J connectivity index is 1.04. The van der Waals surface area contributed by atoms with E-state index in [0.717, 1.165) is 158 Å². The first kappa shape index (κ1) is 50.1. The first-order chi connectivity index (χ1) is 41.8. The molecule has 8 heteroatoms. The van der Waals surface area contributed by atoms with Crippen molar-refractivity contribution < 1.29 is 35.1 Å². The third-order valence-electron chi connectivity index (χ3n) is 18.0. The van der Waals surface area contributed by atoms with Crippen LogP contribution in [0.2, 0.25) is 0 Å². The molecular weight excluding hydrogens is 1090 g/mol. The van der Waals surface area contributed by atoms with Gasteiger partial charge in [-0.25, -0.2) is 8.78 Å². The second kappa shape index (κ2) is 18.0. The minimum atomic E-state index is -5.05. The Morgan fingerprint density at radius 1 is 0.221 bits per heavy atom. The zero-order valence-corrected chi connectivity index (χ0v) is 45.1. The number of fused-ring (bicyclic) bond motifs is 6. The Morgan fingerprint density at radius 2 is 0.523 bits per heavy atom. The third kappa shape index (κ3) is 7.10. The summed E-state index contributed by atoms with van der Waals surface area (Å²) in [5.41, 5.74) is 5.37. The molecule has 0 unspecified atom stereocenters. The molecule has 408 valence electrons. The summed E-state index contributed by atoms with van der Waals surface area (Å²) in [6.45, 7) is 0. The van der Waals surface area contributed by atoms with Gasteiger partial charge in [0.25, 0.3) is 0 Å². The highest BCUT2D eigenvalue weighted by atomic mass is 19.4. The van der Waals surface area contributed by atoms with Gasteiger partial charge in [0.2, 0.25) is 0 Å². The van der Waals surface area contributed by atoms with Crippen molar-refractivity contribution in [3.63, 3.8) is 0 Å². The quantitative estimate of drug-likeness (QED) is 0.0884. The minimum Gasteiger partial charge on any atom is -0.207 e. The van der Waals surface area contributed by atoms with E-state index in [0.29, 0.717) is 22.3 Å². The van der Waals surface area contributed by atoms with Crippen LogP contribution in [0, 0.1) is 53.4 Å². The predicted octanol–water partition coefficient (Wildman–Crippen LogP) is 22.1. The molecule has 0 N–H and O–H groups in total. The average molecular weight is 1130 g/mol. The van der Waals surface area contributed by atoms with E-state index in [4.69, 9.17) is 0 Å². The monoisotopic (exact) mass is 1130 g/mol. The van der Waals surface area contributed by atoms with Crippen molar-refractivity contribution in [3.8, 4) is 66.8 Å². The molecule has 0 fully saturated rings. The third-order valence-corrected chi connectivity index (χ3v) is 18.0. The van der Waals surface area contributed by atoms with Crippen molar-refractivity contribution >= 4 is 64.6 Å². The van der Waals surface area contributed by atoms with Gasteiger partial charge < -0.3 is 0 Å². The fraction of sp³-hybridized carbons (Fsp3) is 0.0256. The van der Waals surface area contributed by atoms with E-state index in [2.05, 4.69) is 103 Å². The fourth-order valence-electron chi connectivity index (χ4n) is 14.8. The van der Waals surface area contributed by atoms with Crippen LogP contribution < -0.4 is 0 Å². The molecular formula is C78H40F8. The molecule has 0 aromatic heterocycles. The van der Waals surface area contributed by atoms with Gasteiger partial charge in [-0.05, 0) is 203 Å². The highest BCUT2D eigenvalue weighted by Gasteiger charge is 2.38. The molecule has 15 aromatic carbocycles. The van der Waals surface area contributed by atoms with Crippen LogP contribution in [0.1, 0.15) is 11.1 Å². The van der Waals surface area contributed by atoms with Gasteiger partial charge in [0.05, 0.1) is 11.1 Å². The van der Waals surface area contributed by atoms with Crippen LogP contribution in [0.15, 0.2) is 243 Å². The van der Waals surface area contributed by atoms with Crippen molar-refractivity contribution in [3.05, 3.63) is 307 Å². The molecule has 15 aromatic rings. The van der Waals surface area contributed by atoms with E-state index in [1.165, 1.54) is 12.1 Å². The maximum atomic E-state index is 15.2. The van der Waals surface area contributed by atoms with Crippen LogP contribution in [0.25, 0.3) is 131 Å². The Kier molecular flexibility index (Phi) is 10.5. The van der Waals surface area contributed by atoms with Crippen molar-refractivity contribution in [1.82, 2.24) is 0 Å². The average Bonchev–Trinajstić information content (AvgIpc) is 1.49. The maximum Gasteiger partial charge on any atom is 0.416 e. The summed E-state index contributed by atoms with van der Waals surface area (Å²) in [6, 6.07) is 74.6. The second-order valence-corrected chi connectivity index (χ2v) is 22.5. The summed E-state index contributed by atoms with van der Waals surface area (Å²) in [6.07, 6.45) is -10.1. The number of rotatable bonds is 6. The van der Waals surface area contributed by atoms with E-state index in [1.807, 2.05) is 78.9 Å². The van der Waals surface area contributed by atoms with Crippen molar-refractivity contribution in [1.29, 1.82) is 0 Å². The smallest absolute Gasteiger partial charge is 0.207 e. The van der Waals surface area contributed by atoms with E-state index < -0.39 is 35.1 Å². The molecule has 2 aliphatic carbocycles. The normalized spacial score (nSPS) is 12.7. The summed E-state index contributed by atoms with van der Waals surface area (Å²) in [5.74, 6) is -1.33. The first-order valence-corrected chi connectivity index (χ1v) is 28.2. The van der Waals surface area contributed by atoms with E-state index >= 15 is 8.78 Å². The van der Waals surface area contributed by atoms with Crippen LogP contribution in [0.3, 0.4) is 0 Å². The van der Waals surface area contributed by atoms with E-state index in [1.54, 1.807) is 24.3 Å². The number of hydrogen-bond donors (Lipinski definition) is 0. The Bertz CT molecular complexity index is 5860. The second-order valence-electron chi connectivity index (χ2n) is 22.5. The van der Waals surface area contributed by atoms with Crippen LogP contribution >= 0.6 is 0 Å². The molecule has 0 spiro atoms. The van der Waals surface area contributed by atoms with Crippen molar-refractivity contribution in [2.24, 2.45) is 0 Å². The van der Waals surface area contributed by atoms with Crippen LogP contribution in [0.4, 0.5) is 35.1 Å². The molecule has 86 heavy (non-hydrogen) atoms. The van der Waals surface area contributed by atoms with Gasteiger partial charge in [-0.3, -0.25) is 0 Å². The molecule has 2 aliphatic rings. The van der Waals surface area contributed by atoms with Gasteiger partial charge in [-0.1, -0.05) is 206 Å². The molecule has 0 aliphatic heterocycles. The number of halogens is 8. The van der Waals surface area contributed by atoms with Gasteiger partial charge >= 0.3 is 12.4 Å². The van der Waals surface area contributed by atoms with Crippen LogP contribution in [-0.4, -0.2) is 0 Å². The van der Waals surface area contributed by atoms with Crippen molar-refractivity contribution in [2.75, 3.05) is 0 Å². The summed E-state index contributed by atoms with van der Waals surface area (Å²) in [5, 5.41) is 19.8. The van der Waals surface area contributed by atoms with Gasteiger partial charge in [0, 0.05) is 6.07 Å². The van der Waals surface area contributed by atoms with E-state index in [9.17, 15) is 26.3 Å². The molecule has 0 bridgehead atoms. The summed E-state index contributed by atoms with van der Waals surface area (Å²) >= 11 is 0. The largest absolute Gasteiger partial charge is 0.416 e. The number of hydrogen-bond acceptors (Lipinski definition) is 0. The lowest BCUT2D eigenvalue weighted by Gasteiger charge is -2.19. The molecule has 0 saturated carbocycles. The van der Waals surface area contributed by atoms with Crippen LogP contribution in [-0.2, 0) is 12.4 Å². The highest BCUT2D eigenvalue weighted by Crippen LogP contribution is 2.51. The SMILES string of the molecule is Fc1cc(F)cc(-c2ccccc2-c2c3c(c(-c4ccccc4)c4ccccc24)=c2ccc4c5ccc6c7c(ccc(c8ccc=3c2c84)c75)=c2c(-c3ccccc3)c3ccccc3c(-c3ccccc3-c3cc(C(F)(F)F)cc(C(F)(F)F)c3)c2=6)c1. The lowest BCUT2D eigenvalue weighted by atomic mass is 9.85. The fourth-order valence-corrected chi connectivity index (χ4v) is 14.8. The number of alkyl halides is 6. The minimum absolute atomic E-state index is 0.176. The molecule has 0 atom stereocenters. The summed E-state index contributed by atoms with van der Waals surface area (Å²) in [4.78, 5) is 0. The van der Waals surface area contributed by atoms with E-state index in [-0.39, 0.29) is 17.2 Å². The standard InChI is InChI=1S/C78H40F8/c79-47-37-44(38-48(80)40-47)50-20-8-10-22-52(50)70-56-26-14-12-24-54(56)66(42-17-5-2-6-18-42)74-62-32-28-58-59-29-33-63-71-61(31-27-57(67(59)71)60-30-34-64(76(70)74)72(62)68(58)60)73-65(41-15-3-1-4-16-41)53-23-11-13-25-55(53)69(75(63)73)51-21-9-7-19-49(51)43-35-45(77(81,82)83)39-46(36-43)78(84,85)86/h1-40H. The highest BCUT2D eigenvalue weighted by molar-refractivity contribution is 6.33. The molecule has 0 nitrogen and oxygen atoms in total. The predicted molar refractivity (Wildman–Crippen MR) is 329 cm³/mol. The molecule has 0 amide bonds. The van der Waals surface area contributed by atoms with Gasteiger partial charge in [0.15, 0.2) is 0 Å². The van der Waals surface area contributed by atoms with Gasteiger partial charge in [0.1, 0.15) is 11.6 Å². The van der Waals surface area contributed by atoms with Crippen molar-refractivity contribution in [2.45, 2.75) is 12.4 Å². The lowest BCUT2D eigenvalue weighted by molar-refractivity contribution is -0.143. The van der Waals surface area contributed by atoms with Crippen LogP contribution in [0.5, 0.6) is 0 Å². The topological polar surface area (TPSA) is 0 Å². The summed E-state index contributed by atoms with van der Waals surface area (Å²) < 4.78 is 118. The summed E-state index contributed by atoms with van der Waals surface area (Å²) in [7, 11) is 0. The molecule has 17 rings (SSSR count). The Labute approximate surface area is 483 Å². The van der Waals surface area contributed by atoms with Gasteiger partial charge in [-0.2, -0.15) is 26.3 Å². The zero-order valence-electron chi connectivity index (χ0n) is 45.1. The first-order valence-electron chi connectivity index (χ1n) is 28.2. The molecule has 0 saturated heterocycles. The Morgan fingerprint density at radius 3 is 0.884 bits per heavy atom. The van der Waals surface area contributed by atoms with Gasteiger partial charge in [-0.15, -0.1) is 0 Å². The molecule has 0 radical (unpaired) electrons. The number of benzene rings is 15.